The number of pyridine rings is 1. The Hall–Kier alpha value is -5.08. The molecule has 224 valence electrons. The maximum atomic E-state index is 13.2. The van der Waals surface area contributed by atoms with Crippen molar-refractivity contribution in [2.45, 2.75) is 31.1 Å². The lowest BCUT2D eigenvalue weighted by Crippen LogP contribution is -2.33. The number of ether oxygens (including phenoxy) is 1. The number of nitrogens with one attached hydrogen (secondary N) is 1. The number of H-pyrrole nitrogens is 1. The number of nitrogens with zero attached hydrogens (tertiary/aromatic N) is 3. The van der Waals surface area contributed by atoms with Gasteiger partial charge in [-0.15, -0.1) is 0 Å². The second kappa shape index (κ2) is 11.0. The summed E-state index contributed by atoms with van der Waals surface area (Å²) in [6, 6.07) is 12.4. The van der Waals surface area contributed by atoms with Crippen LogP contribution in [0.5, 0.6) is 11.5 Å². The predicted octanol–water partition coefficient (Wildman–Crippen LogP) is 6.86. The second-order valence-electron chi connectivity index (χ2n) is 9.60. The van der Waals surface area contributed by atoms with Crippen LogP contribution in [0, 0.1) is 0 Å². The average Bonchev–Trinajstić information content (AvgIpc) is 3.59. The van der Waals surface area contributed by atoms with Gasteiger partial charge in [-0.1, -0.05) is 6.07 Å². The van der Waals surface area contributed by atoms with Crippen LogP contribution in [0.1, 0.15) is 29.9 Å². The lowest BCUT2D eigenvalue weighted by atomic mass is 10.1. The quantitative estimate of drug-likeness (QED) is 0.190. The van der Waals surface area contributed by atoms with Crippen LogP contribution in [0.4, 0.5) is 42.5 Å². The van der Waals surface area contributed by atoms with Gasteiger partial charge < -0.3 is 14.8 Å². The van der Waals surface area contributed by atoms with E-state index in [1.54, 1.807) is 36.7 Å². The molecule has 15 heteroatoms. The molecule has 2 N–H and O–H groups in total. The standard InChI is InChI=1S/C26H19F3N4O3.C2HF3O2/c27-26(28,29)16-2-1-3-17(12-16)32-14-23(34)33(25(32)35)18-6-7-21(20(13-18)15-4-5-15)36-22-9-11-31-24-19(22)8-10-30-24;3-2(4,5)1(6)7/h1-3,6-13,15H,4-5,14H2,(H,30,31);(H,6,7). The number of benzene rings is 2. The predicted molar refractivity (Wildman–Crippen MR) is 140 cm³/mol. The zero-order chi connectivity index (χ0) is 31.1. The molecular formula is C28H20F6N4O5. The fourth-order valence-corrected chi connectivity index (χ4v) is 4.43. The Kier molecular flexibility index (Phi) is 7.50. The van der Waals surface area contributed by atoms with Gasteiger partial charge in [-0.05, 0) is 72.9 Å². The van der Waals surface area contributed by atoms with Crippen molar-refractivity contribution in [1.29, 1.82) is 0 Å². The summed E-state index contributed by atoms with van der Waals surface area (Å²) in [5, 5.41) is 7.95. The molecule has 2 aromatic carbocycles. The summed E-state index contributed by atoms with van der Waals surface area (Å²) in [7, 11) is 0. The third-order valence-corrected chi connectivity index (χ3v) is 6.60. The Balaban J connectivity index is 0.000000472. The van der Waals surface area contributed by atoms with Gasteiger partial charge in [0.25, 0.3) is 5.91 Å². The van der Waals surface area contributed by atoms with Gasteiger partial charge in [0.05, 0.1) is 16.6 Å². The number of imide groups is 1. The van der Waals surface area contributed by atoms with Crippen LogP contribution < -0.4 is 14.5 Å². The molecular weight excluding hydrogens is 586 g/mol. The van der Waals surface area contributed by atoms with Crippen molar-refractivity contribution < 1.29 is 50.6 Å². The summed E-state index contributed by atoms with van der Waals surface area (Å²) in [5.41, 5.74) is 1.05. The fourth-order valence-electron chi connectivity index (χ4n) is 4.43. The molecule has 0 atom stereocenters. The Morgan fingerprint density at radius 1 is 0.953 bits per heavy atom. The Labute approximate surface area is 238 Å². The number of amides is 3. The number of anilines is 2. The van der Waals surface area contributed by atoms with Crippen LogP contribution >= 0.6 is 0 Å². The molecule has 6 rings (SSSR count). The summed E-state index contributed by atoms with van der Waals surface area (Å²) >= 11 is 0. The van der Waals surface area contributed by atoms with E-state index in [1.807, 2.05) is 6.07 Å². The molecule has 3 heterocycles. The molecule has 1 aliphatic carbocycles. The first-order valence-corrected chi connectivity index (χ1v) is 12.6. The number of carboxylic acids is 1. The minimum atomic E-state index is -5.08. The highest BCUT2D eigenvalue weighted by molar-refractivity contribution is 6.27. The normalized spacial score (nSPS) is 15.5. The van der Waals surface area contributed by atoms with E-state index in [2.05, 4.69) is 9.97 Å². The first kappa shape index (κ1) is 29.4. The number of hydrogen-bond donors (Lipinski definition) is 2. The lowest BCUT2D eigenvalue weighted by Gasteiger charge is -2.20. The maximum absolute atomic E-state index is 13.2. The monoisotopic (exact) mass is 606 g/mol. The first-order valence-electron chi connectivity index (χ1n) is 12.6. The maximum Gasteiger partial charge on any atom is 0.490 e. The Morgan fingerprint density at radius 3 is 2.33 bits per heavy atom. The molecule has 0 radical (unpaired) electrons. The number of carboxylic acid groups (broad SMARTS) is 1. The molecule has 2 fully saturated rings. The van der Waals surface area contributed by atoms with E-state index in [0.717, 1.165) is 45.7 Å². The van der Waals surface area contributed by atoms with Gasteiger partial charge >= 0.3 is 24.4 Å². The number of halogens is 6. The number of urea groups is 1. The summed E-state index contributed by atoms with van der Waals surface area (Å²) < 4.78 is 77.4. The molecule has 1 saturated carbocycles. The van der Waals surface area contributed by atoms with E-state index in [-0.39, 0.29) is 18.2 Å². The van der Waals surface area contributed by atoms with E-state index in [0.29, 0.717) is 22.8 Å². The molecule has 4 aromatic rings. The molecule has 2 aliphatic rings. The summed E-state index contributed by atoms with van der Waals surface area (Å²) in [4.78, 5) is 44.3. The highest BCUT2D eigenvalue weighted by Crippen LogP contribution is 2.47. The first-order chi connectivity index (χ1) is 20.2. The average molecular weight is 606 g/mol. The van der Waals surface area contributed by atoms with Gasteiger partial charge in [-0.3, -0.25) is 9.69 Å². The van der Waals surface area contributed by atoms with Crippen molar-refractivity contribution >= 4 is 40.3 Å². The summed E-state index contributed by atoms with van der Waals surface area (Å²) in [6.07, 6.45) is -4.32. The number of rotatable bonds is 5. The highest BCUT2D eigenvalue weighted by atomic mass is 19.4. The highest BCUT2D eigenvalue weighted by Gasteiger charge is 2.40. The number of fused-ring (bicyclic) bond motifs is 1. The van der Waals surface area contributed by atoms with Crippen molar-refractivity contribution in [3.63, 3.8) is 0 Å². The number of alkyl halides is 6. The number of aliphatic carboxylic acids is 1. The second-order valence-corrected chi connectivity index (χ2v) is 9.60. The van der Waals surface area contributed by atoms with Gasteiger partial charge in [0, 0.05) is 18.1 Å². The number of carbonyl (C=O) groups excluding carboxylic acids is 2. The molecule has 3 amide bonds. The van der Waals surface area contributed by atoms with Gasteiger partial charge in [0.2, 0.25) is 0 Å². The van der Waals surface area contributed by atoms with Gasteiger partial charge in [0.15, 0.2) is 0 Å². The topological polar surface area (TPSA) is 116 Å². The third-order valence-electron chi connectivity index (χ3n) is 6.60. The minimum absolute atomic E-state index is 0.0150. The van der Waals surface area contributed by atoms with Gasteiger partial charge in [0.1, 0.15) is 23.7 Å². The van der Waals surface area contributed by atoms with Crippen molar-refractivity contribution in [2.75, 3.05) is 16.3 Å². The van der Waals surface area contributed by atoms with Crippen LogP contribution in [0.2, 0.25) is 0 Å². The van der Waals surface area contributed by atoms with E-state index in [4.69, 9.17) is 14.6 Å². The number of carbonyl (C=O) groups is 3. The molecule has 0 bridgehead atoms. The zero-order valence-corrected chi connectivity index (χ0v) is 21.7. The van der Waals surface area contributed by atoms with Crippen molar-refractivity contribution in [2.24, 2.45) is 0 Å². The summed E-state index contributed by atoms with van der Waals surface area (Å²) in [6.45, 7) is -0.348. The Bertz CT molecular complexity index is 1710. The molecule has 1 aliphatic heterocycles. The van der Waals surface area contributed by atoms with Crippen molar-refractivity contribution in [3.8, 4) is 11.5 Å². The van der Waals surface area contributed by atoms with E-state index >= 15 is 0 Å². The van der Waals surface area contributed by atoms with Crippen LogP contribution in [0.15, 0.2) is 67.0 Å². The smallest absolute Gasteiger partial charge is 0.475 e. The van der Waals surface area contributed by atoms with Crippen molar-refractivity contribution in [1.82, 2.24) is 9.97 Å². The fraction of sp³-hybridized carbons (Fsp3) is 0.214. The van der Waals surface area contributed by atoms with Gasteiger partial charge in [-0.25, -0.2) is 19.5 Å². The van der Waals surface area contributed by atoms with E-state index in [1.165, 1.54) is 12.1 Å². The number of hydrogen-bond acceptors (Lipinski definition) is 5. The number of aromatic nitrogens is 2. The minimum Gasteiger partial charge on any atom is -0.475 e. The zero-order valence-electron chi connectivity index (χ0n) is 21.7. The number of aromatic amines is 1. The molecule has 1 saturated heterocycles. The van der Waals surface area contributed by atoms with Crippen LogP contribution in [0.25, 0.3) is 11.0 Å². The Morgan fingerprint density at radius 2 is 1.67 bits per heavy atom. The molecule has 0 spiro atoms. The largest absolute Gasteiger partial charge is 0.490 e. The van der Waals surface area contributed by atoms with Crippen LogP contribution in [0.3, 0.4) is 0 Å². The molecule has 43 heavy (non-hydrogen) atoms. The van der Waals surface area contributed by atoms with Crippen LogP contribution in [-0.4, -0.2) is 45.7 Å². The van der Waals surface area contributed by atoms with Crippen molar-refractivity contribution in [3.05, 3.63) is 78.1 Å². The van der Waals surface area contributed by atoms with E-state index in [9.17, 15) is 35.9 Å². The van der Waals surface area contributed by atoms with Gasteiger partial charge in [-0.2, -0.15) is 26.3 Å². The molecule has 2 aromatic heterocycles. The lowest BCUT2D eigenvalue weighted by molar-refractivity contribution is -0.192. The van der Waals surface area contributed by atoms with E-state index < -0.39 is 35.8 Å². The molecule has 9 nitrogen and oxygen atoms in total. The van der Waals surface area contributed by atoms with Crippen LogP contribution in [-0.2, 0) is 15.8 Å². The summed E-state index contributed by atoms with van der Waals surface area (Å²) in [5.74, 6) is -1.80. The SMILES string of the molecule is O=C(O)C(F)(F)F.O=C1CN(c2cccc(C(F)(F)F)c2)C(=O)N1c1ccc(Oc2ccnc3[nH]ccc23)c(C2CC2)c1. The molecule has 0 unspecified atom stereocenters. The third kappa shape index (κ3) is 6.24.